The number of hydrogen-bond acceptors (Lipinski definition) is 2. The van der Waals surface area contributed by atoms with Crippen molar-refractivity contribution in [2.24, 2.45) is 23.5 Å². The standard InChI is InChI=1S/C18H25BrN2O/c19-15-9-7-13(8-10-15)17(12-3-1-4-12)21-18(22)16-6-2-5-14(16)11-20/h7-10,12,14,16-17H,1-6,11,20H2,(H,21,22)/t14-,16-,17?/m1/s1. The molecule has 1 unspecified atom stereocenters. The van der Waals surface area contributed by atoms with Crippen LogP contribution in [0.2, 0.25) is 0 Å². The van der Waals surface area contributed by atoms with Crippen molar-refractivity contribution in [3.8, 4) is 0 Å². The third kappa shape index (κ3) is 3.38. The molecule has 1 aromatic rings. The summed E-state index contributed by atoms with van der Waals surface area (Å²) in [6, 6.07) is 8.54. The first-order valence-corrected chi connectivity index (χ1v) is 9.24. The van der Waals surface area contributed by atoms with Crippen molar-refractivity contribution in [3.05, 3.63) is 34.3 Å². The Morgan fingerprint density at radius 3 is 2.45 bits per heavy atom. The lowest BCUT2D eigenvalue weighted by Crippen LogP contribution is -2.41. The molecule has 1 amide bonds. The van der Waals surface area contributed by atoms with Crippen LogP contribution in [0.15, 0.2) is 28.7 Å². The van der Waals surface area contributed by atoms with E-state index in [0.717, 1.165) is 23.7 Å². The predicted octanol–water partition coefficient (Wildman–Crippen LogP) is 3.78. The molecular formula is C18H25BrN2O. The van der Waals surface area contributed by atoms with E-state index in [2.05, 4.69) is 45.5 Å². The van der Waals surface area contributed by atoms with Gasteiger partial charge in [-0.05, 0) is 61.8 Å². The minimum atomic E-state index is 0.114. The molecule has 0 aliphatic heterocycles. The number of carbonyl (C=O) groups excluding carboxylic acids is 1. The van der Waals surface area contributed by atoms with E-state index >= 15 is 0 Å². The maximum Gasteiger partial charge on any atom is 0.223 e. The normalized spacial score (nSPS) is 26.5. The smallest absolute Gasteiger partial charge is 0.223 e. The summed E-state index contributed by atoms with van der Waals surface area (Å²) in [7, 11) is 0. The summed E-state index contributed by atoms with van der Waals surface area (Å²) in [5.41, 5.74) is 7.06. The summed E-state index contributed by atoms with van der Waals surface area (Å²) in [5, 5.41) is 3.35. The fraction of sp³-hybridized carbons (Fsp3) is 0.611. The van der Waals surface area contributed by atoms with E-state index in [1.807, 2.05) is 0 Å². The van der Waals surface area contributed by atoms with E-state index in [9.17, 15) is 4.79 Å². The summed E-state index contributed by atoms with van der Waals surface area (Å²) in [6.45, 7) is 0.629. The molecule has 3 nitrogen and oxygen atoms in total. The first kappa shape index (κ1) is 16.0. The van der Waals surface area contributed by atoms with Gasteiger partial charge < -0.3 is 11.1 Å². The molecule has 0 bridgehead atoms. The second-order valence-electron chi connectivity index (χ2n) is 6.76. The lowest BCUT2D eigenvalue weighted by atomic mass is 9.77. The fourth-order valence-electron chi connectivity index (χ4n) is 3.84. The average Bonchev–Trinajstić information content (AvgIpc) is 2.94. The van der Waals surface area contributed by atoms with Gasteiger partial charge in [-0.3, -0.25) is 4.79 Å². The van der Waals surface area contributed by atoms with Crippen molar-refractivity contribution in [2.45, 2.75) is 44.6 Å². The molecule has 22 heavy (non-hydrogen) atoms. The molecule has 2 saturated carbocycles. The quantitative estimate of drug-likeness (QED) is 0.834. The number of amides is 1. The zero-order chi connectivity index (χ0) is 15.5. The van der Waals surface area contributed by atoms with Crippen molar-refractivity contribution in [3.63, 3.8) is 0 Å². The molecule has 3 atom stereocenters. The van der Waals surface area contributed by atoms with Crippen LogP contribution in [0.4, 0.5) is 0 Å². The largest absolute Gasteiger partial charge is 0.349 e. The number of halogens is 1. The Kier molecular flexibility index (Phi) is 5.19. The number of benzene rings is 1. The maximum atomic E-state index is 12.7. The van der Waals surface area contributed by atoms with Gasteiger partial charge in [0.15, 0.2) is 0 Å². The zero-order valence-electron chi connectivity index (χ0n) is 12.9. The molecule has 2 fully saturated rings. The number of nitrogens with two attached hydrogens (primary N) is 1. The van der Waals surface area contributed by atoms with Crippen LogP contribution in [-0.2, 0) is 4.79 Å². The molecule has 2 aliphatic carbocycles. The average molecular weight is 365 g/mol. The number of hydrogen-bond donors (Lipinski definition) is 2. The van der Waals surface area contributed by atoms with Crippen LogP contribution in [0.1, 0.15) is 50.1 Å². The van der Waals surface area contributed by atoms with E-state index in [1.165, 1.54) is 24.8 Å². The minimum absolute atomic E-state index is 0.114. The summed E-state index contributed by atoms with van der Waals surface area (Å²) in [6.07, 6.45) is 6.93. The second kappa shape index (κ2) is 7.14. The molecule has 0 saturated heterocycles. The Morgan fingerprint density at radius 2 is 1.86 bits per heavy atom. The van der Waals surface area contributed by atoms with Crippen molar-refractivity contribution in [2.75, 3.05) is 6.54 Å². The van der Waals surface area contributed by atoms with Gasteiger partial charge in [0, 0.05) is 10.4 Å². The molecule has 0 spiro atoms. The summed E-state index contributed by atoms with van der Waals surface area (Å²) in [4.78, 5) is 12.7. The van der Waals surface area contributed by atoms with Gasteiger partial charge in [0.25, 0.3) is 0 Å². The summed E-state index contributed by atoms with van der Waals surface area (Å²) >= 11 is 3.48. The Morgan fingerprint density at radius 1 is 1.18 bits per heavy atom. The Hall–Kier alpha value is -0.870. The molecule has 3 rings (SSSR count). The van der Waals surface area contributed by atoms with Gasteiger partial charge in [0.2, 0.25) is 5.91 Å². The molecule has 0 aromatic heterocycles. The van der Waals surface area contributed by atoms with Gasteiger partial charge >= 0.3 is 0 Å². The van der Waals surface area contributed by atoms with Crippen LogP contribution in [0.3, 0.4) is 0 Å². The van der Waals surface area contributed by atoms with E-state index in [1.54, 1.807) is 0 Å². The van der Waals surface area contributed by atoms with Crippen LogP contribution in [0, 0.1) is 17.8 Å². The molecule has 2 aliphatic rings. The number of carbonyl (C=O) groups is 1. The molecular weight excluding hydrogens is 340 g/mol. The SMILES string of the molecule is NC[C@H]1CCC[C@H]1C(=O)NC(c1ccc(Br)cc1)C1CCC1. The fourth-order valence-corrected chi connectivity index (χ4v) is 4.11. The highest BCUT2D eigenvalue weighted by Gasteiger charge is 2.35. The Balaban J connectivity index is 1.72. The van der Waals surface area contributed by atoms with Gasteiger partial charge in [0.05, 0.1) is 6.04 Å². The summed E-state index contributed by atoms with van der Waals surface area (Å²) < 4.78 is 1.08. The highest BCUT2D eigenvalue weighted by Crippen LogP contribution is 2.39. The second-order valence-corrected chi connectivity index (χ2v) is 7.68. The van der Waals surface area contributed by atoms with Crippen LogP contribution >= 0.6 is 15.9 Å². The van der Waals surface area contributed by atoms with Crippen LogP contribution < -0.4 is 11.1 Å². The van der Waals surface area contributed by atoms with Crippen molar-refractivity contribution >= 4 is 21.8 Å². The third-order valence-corrected chi connectivity index (χ3v) is 5.98. The summed E-state index contributed by atoms with van der Waals surface area (Å²) in [5.74, 6) is 1.28. The maximum absolute atomic E-state index is 12.7. The van der Waals surface area contributed by atoms with E-state index in [-0.39, 0.29) is 17.9 Å². The number of rotatable bonds is 5. The van der Waals surface area contributed by atoms with E-state index in [4.69, 9.17) is 5.73 Å². The predicted molar refractivity (Wildman–Crippen MR) is 92.3 cm³/mol. The first-order chi connectivity index (χ1) is 10.7. The molecule has 1 aromatic carbocycles. The van der Waals surface area contributed by atoms with Crippen LogP contribution in [-0.4, -0.2) is 12.5 Å². The number of nitrogens with one attached hydrogen (secondary N) is 1. The van der Waals surface area contributed by atoms with Crippen molar-refractivity contribution < 1.29 is 4.79 Å². The Labute approximate surface area is 141 Å². The molecule has 4 heteroatoms. The van der Waals surface area contributed by atoms with Crippen LogP contribution in [0.5, 0.6) is 0 Å². The molecule has 3 N–H and O–H groups in total. The Bertz CT molecular complexity index is 512. The van der Waals surface area contributed by atoms with Gasteiger partial charge in [-0.15, -0.1) is 0 Å². The molecule has 120 valence electrons. The molecule has 0 radical (unpaired) electrons. The van der Waals surface area contributed by atoms with Gasteiger partial charge in [0.1, 0.15) is 0 Å². The van der Waals surface area contributed by atoms with E-state index in [0.29, 0.717) is 18.4 Å². The zero-order valence-corrected chi connectivity index (χ0v) is 14.5. The minimum Gasteiger partial charge on any atom is -0.349 e. The lowest BCUT2D eigenvalue weighted by Gasteiger charge is -2.35. The first-order valence-electron chi connectivity index (χ1n) is 8.45. The highest BCUT2D eigenvalue weighted by molar-refractivity contribution is 9.10. The van der Waals surface area contributed by atoms with Gasteiger partial charge in [-0.1, -0.05) is 40.9 Å². The van der Waals surface area contributed by atoms with Crippen LogP contribution in [0.25, 0.3) is 0 Å². The molecule has 0 heterocycles. The lowest BCUT2D eigenvalue weighted by molar-refractivity contribution is -0.127. The van der Waals surface area contributed by atoms with Gasteiger partial charge in [-0.2, -0.15) is 0 Å². The third-order valence-electron chi connectivity index (χ3n) is 5.45. The van der Waals surface area contributed by atoms with Gasteiger partial charge in [-0.25, -0.2) is 0 Å². The van der Waals surface area contributed by atoms with Crippen molar-refractivity contribution in [1.29, 1.82) is 0 Å². The topological polar surface area (TPSA) is 55.1 Å². The van der Waals surface area contributed by atoms with Crippen molar-refractivity contribution in [1.82, 2.24) is 5.32 Å². The van der Waals surface area contributed by atoms with E-state index < -0.39 is 0 Å². The monoisotopic (exact) mass is 364 g/mol. The highest BCUT2D eigenvalue weighted by atomic mass is 79.9.